The molecule has 0 aromatic heterocycles. The minimum absolute atomic E-state index is 0. The van der Waals surface area contributed by atoms with Gasteiger partial charge in [0.25, 0.3) is 0 Å². The Balaban J connectivity index is -0.0000000142. The summed E-state index contributed by atoms with van der Waals surface area (Å²) in [5.74, 6) is 0. The fraction of sp³-hybridized carbons (Fsp3) is 1.00. The maximum Gasteiger partial charge on any atom is 1.00 e. The average molecular weight is 305 g/mol. The summed E-state index contributed by atoms with van der Waals surface area (Å²) in [5.41, 5.74) is 10.3. The Morgan fingerprint density at radius 1 is 1.07 bits per heavy atom. The topological polar surface area (TPSA) is 142 Å². The van der Waals surface area contributed by atoms with Crippen LogP contribution in [0.3, 0.4) is 0 Å². The van der Waals surface area contributed by atoms with Crippen molar-refractivity contribution >= 4 is 7.82 Å². The third-order valence-corrected chi connectivity index (χ3v) is 0.642. The van der Waals surface area contributed by atoms with Gasteiger partial charge in [-0.25, -0.2) is 4.57 Å². The monoisotopic (exact) mass is 305 g/mol. The summed E-state index contributed by atoms with van der Waals surface area (Å²) in [7, 11) is -4.64. The number of nitrogens with two attached hydrogens (primary N) is 2. The van der Waals surface area contributed by atoms with Crippen LogP contribution in [0.25, 0.3) is 0 Å². The van der Waals surface area contributed by atoms with Crippen molar-refractivity contribution in [2.75, 3.05) is 26.2 Å². The Hall–Kier alpha value is 4.26. The second-order valence-corrected chi connectivity index (χ2v) is 2.87. The summed E-state index contributed by atoms with van der Waals surface area (Å²) in [4.78, 5) is 21.6. The maximum absolute atomic E-state index is 8.88. The van der Waals surface area contributed by atoms with Crippen LogP contribution in [0.2, 0.25) is 0 Å². The maximum atomic E-state index is 8.88. The number of phosphoric acid groups is 1. The smallest absolute Gasteiger partial charge is 1.00 e. The summed E-state index contributed by atoms with van der Waals surface area (Å²) in [6.45, 7) is 3.13. The van der Waals surface area contributed by atoms with Gasteiger partial charge in [-0.3, -0.25) is 0 Å². The van der Waals surface area contributed by atoms with Gasteiger partial charge in [0.15, 0.2) is 0 Å². The molecule has 0 bridgehead atoms. The molecule has 0 heterocycles. The van der Waals surface area contributed by atoms with Crippen LogP contribution in [0.1, 0.15) is 4.28 Å². The molecule has 8 N–H and O–H groups in total. The third kappa shape index (κ3) is 70.7. The van der Waals surface area contributed by atoms with E-state index in [0.717, 1.165) is 13.1 Å². The van der Waals surface area contributed by atoms with Crippen LogP contribution in [-0.4, -0.2) is 40.9 Å². The van der Waals surface area contributed by atoms with Crippen LogP contribution in [-0.2, 0) is 4.57 Å². The van der Waals surface area contributed by atoms with E-state index in [2.05, 4.69) is 5.32 Å². The number of nitrogens with one attached hydrogen (secondary N) is 1. The van der Waals surface area contributed by atoms with Crippen LogP contribution in [0.4, 0.5) is 0 Å². The summed E-state index contributed by atoms with van der Waals surface area (Å²) >= 11 is 0. The first-order chi connectivity index (χ1) is 5.41. The third-order valence-electron chi connectivity index (χ3n) is 0.642. The van der Waals surface area contributed by atoms with Crippen molar-refractivity contribution in [3.05, 3.63) is 0 Å². The molecule has 0 amide bonds. The van der Waals surface area contributed by atoms with E-state index >= 15 is 0 Å². The van der Waals surface area contributed by atoms with Crippen molar-refractivity contribution in [3.8, 4) is 0 Å². The minimum Gasteiger partial charge on any atom is -1.00 e. The summed E-state index contributed by atoms with van der Waals surface area (Å²) < 4.78 is 8.88. The van der Waals surface area contributed by atoms with Gasteiger partial charge in [0.05, 0.1) is 0 Å². The molecule has 0 aromatic carbocycles. The molecule has 82 valence electrons. The van der Waals surface area contributed by atoms with Gasteiger partial charge in [-0.2, -0.15) is 0 Å². The Morgan fingerprint density at radius 2 is 1.27 bits per heavy atom. The molecule has 0 aliphatic carbocycles. The van der Waals surface area contributed by atoms with Crippen LogP contribution >= 0.6 is 7.82 Å². The first-order valence-corrected chi connectivity index (χ1v) is 4.87. The van der Waals surface area contributed by atoms with Crippen molar-refractivity contribution in [1.29, 1.82) is 0 Å². The van der Waals surface area contributed by atoms with E-state index in [9.17, 15) is 0 Å². The summed E-state index contributed by atoms with van der Waals surface area (Å²) in [6.07, 6.45) is 0. The van der Waals surface area contributed by atoms with Gasteiger partial charge in [-0.05, 0) is 0 Å². The standard InChI is InChI=1S/C4H13N3.2K.Na.H3O4P.3H/c5-1-3-7-4-2-6;;;;1-5(2,3)4;;;/h7H,1-6H2;;;;(H3,1,2,3,4);;;/q;3*+1;;3*-1. The van der Waals surface area contributed by atoms with Crippen molar-refractivity contribution in [2.24, 2.45) is 11.5 Å². The molecule has 0 saturated heterocycles. The fourth-order valence-corrected chi connectivity index (χ4v) is 0.329. The molecule has 15 heavy (non-hydrogen) atoms. The zero-order valence-corrected chi connectivity index (χ0v) is 18.8. The number of hydrogen-bond donors (Lipinski definition) is 6. The van der Waals surface area contributed by atoms with E-state index < -0.39 is 7.82 Å². The molecule has 0 atom stereocenters. The van der Waals surface area contributed by atoms with Gasteiger partial charge in [0.1, 0.15) is 0 Å². The van der Waals surface area contributed by atoms with Gasteiger partial charge in [-0.1, -0.05) is 0 Å². The first-order valence-electron chi connectivity index (χ1n) is 3.31. The minimum atomic E-state index is -4.64. The first kappa shape index (κ1) is 31.6. The van der Waals surface area contributed by atoms with Crippen LogP contribution in [0.5, 0.6) is 0 Å². The van der Waals surface area contributed by atoms with E-state index in [0.29, 0.717) is 13.1 Å². The Kier molecular flexibility index (Phi) is 49.2. The van der Waals surface area contributed by atoms with Crippen molar-refractivity contribution < 1.29 is 156 Å². The van der Waals surface area contributed by atoms with E-state index in [4.69, 9.17) is 30.7 Å². The molecule has 7 nitrogen and oxygen atoms in total. The molecule has 0 aromatic rings. The van der Waals surface area contributed by atoms with Gasteiger partial charge < -0.3 is 35.7 Å². The molecule has 0 saturated carbocycles. The molecule has 0 aliphatic rings. The van der Waals surface area contributed by atoms with E-state index in [-0.39, 0.29) is 137 Å². The van der Waals surface area contributed by atoms with Crippen molar-refractivity contribution in [3.63, 3.8) is 0 Å². The van der Waals surface area contributed by atoms with Crippen LogP contribution < -0.4 is 149 Å². The average Bonchev–Trinajstić information content (AvgIpc) is 1.85. The molecule has 11 heteroatoms. The van der Waals surface area contributed by atoms with Gasteiger partial charge in [0, 0.05) is 26.2 Å². The zero-order valence-electron chi connectivity index (χ0n) is 12.7. The molecule has 0 aliphatic heterocycles. The fourth-order valence-electron chi connectivity index (χ4n) is 0.329. The molecule has 0 unspecified atom stereocenters. The van der Waals surface area contributed by atoms with Crippen molar-refractivity contribution in [2.45, 2.75) is 0 Å². The second kappa shape index (κ2) is 23.4. The van der Waals surface area contributed by atoms with Crippen LogP contribution in [0.15, 0.2) is 0 Å². The molecule has 0 fully saturated rings. The molecular weight excluding hydrogens is 286 g/mol. The van der Waals surface area contributed by atoms with E-state index in [1.807, 2.05) is 0 Å². The second-order valence-electron chi connectivity index (χ2n) is 1.84. The predicted octanol–water partition coefficient (Wildman–Crippen LogP) is -11.1. The SMILES string of the molecule is NCCNCCN.O=P(O)(O)O.[H-].[H-].[H-].[K+].[K+].[Na+]. The van der Waals surface area contributed by atoms with Gasteiger partial charge in [0.2, 0.25) is 0 Å². The largest absolute Gasteiger partial charge is 1.00 e. The summed E-state index contributed by atoms with van der Waals surface area (Å²) in [5, 5.41) is 3.03. The van der Waals surface area contributed by atoms with E-state index in [1.54, 1.807) is 0 Å². The number of rotatable bonds is 4. The van der Waals surface area contributed by atoms with Crippen LogP contribution in [0, 0.1) is 0 Å². The number of hydrogen-bond acceptors (Lipinski definition) is 4. The molecule has 0 rings (SSSR count). The predicted molar refractivity (Wildman–Crippen MR) is 48.6 cm³/mol. The molecule has 0 spiro atoms. The molecular formula is C4H19K2N3NaO4P. The normalized spacial score (nSPS) is 8.33. The van der Waals surface area contributed by atoms with E-state index in [1.165, 1.54) is 0 Å². The van der Waals surface area contributed by atoms with Gasteiger partial charge in [-0.15, -0.1) is 0 Å². The van der Waals surface area contributed by atoms with Crippen molar-refractivity contribution in [1.82, 2.24) is 5.32 Å². The quantitative estimate of drug-likeness (QED) is 0.172. The zero-order chi connectivity index (χ0) is 10.0. The Morgan fingerprint density at radius 3 is 1.40 bits per heavy atom. The summed E-state index contributed by atoms with van der Waals surface area (Å²) in [6, 6.07) is 0. The Labute approximate surface area is 202 Å². The Bertz CT molecular complexity index is 140. The van der Waals surface area contributed by atoms with Gasteiger partial charge >= 0.3 is 140 Å². The molecule has 0 radical (unpaired) electrons.